The first-order valence-electron chi connectivity index (χ1n) is 14.5. The van der Waals surface area contributed by atoms with Crippen molar-refractivity contribution in [1.82, 2.24) is 4.57 Å². The van der Waals surface area contributed by atoms with E-state index in [1.54, 1.807) is 12.1 Å². The number of rotatable bonds is 14. The Morgan fingerprint density at radius 3 is 2.00 bits per heavy atom. The molecule has 0 radical (unpaired) electrons. The van der Waals surface area contributed by atoms with Crippen LogP contribution in [-0.4, -0.2) is 23.2 Å². The maximum absolute atomic E-state index is 11.7. The normalized spacial score (nSPS) is 11.4. The van der Waals surface area contributed by atoms with Gasteiger partial charge in [0, 0.05) is 17.8 Å². The third-order valence-electron chi connectivity index (χ3n) is 7.35. The van der Waals surface area contributed by atoms with Gasteiger partial charge >= 0.3 is 29.6 Å². The van der Waals surface area contributed by atoms with E-state index in [9.17, 15) is 9.90 Å². The fourth-order valence-electron chi connectivity index (χ4n) is 5.11. The van der Waals surface area contributed by atoms with Crippen LogP contribution >= 0.6 is 0 Å². The number of nitrogens with zero attached hydrogens (tertiary/aromatic N) is 1. The monoisotopic (exact) mass is 581 g/mol. The third-order valence-corrected chi connectivity index (χ3v) is 7.35. The summed E-state index contributed by atoms with van der Waals surface area (Å²) >= 11 is 0. The predicted octanol–water partition coefficient (Wildman–Crippen LogP) is 3.99. The Balaban J connectivity index is 0.00000423. The topological polar surface area (TPSA) is 63.5 Å². The third kappa shape index (κ3) is 9.11. The van der Waals surface area contributed by atoms with Gasteiger partial charge in [-0.25, -0.2) is 0 Å². The molecule has 5 aromatic rings. The summed E-state index contributed by atoms with van der Waals surface area (Å²) in [4.78, 5) is 11.7. The minimum Gasteiger partial charge on any atom is -0.546 e. The second-order valence-electron chi connectivity index (χ2n) is 10.5. The van der Waals surface area contributed by atoms with Crippen LogP contribution < -0.4 is 44.1 Å². The van der Waals surface area contributed by atoms with E-state index < -0.39 is 12.1 Å². The van der Waals surface area contributed by atoms with E-state index in [2.05, 4.69) is 66.1 Å². The minimum atomic E-state index is -1.23. The van der Waals surface area contributed by atoms with Crippen molar-refractivity contribution < 1.29 is 48.9 Å². The molecule has 0 aliphatic rings. The summed E-state index contributed by atoms with van der Waals surface area (Å²) in [5.74, 6) is 0.121. The maximum atomic E-state index is 11.7. The first kappa shape index (κ1) is 32.2. The van der Waals surface area contributed by atoms with Gasteiger partial charge in [-0.15, -0.1) is 0 Å². The molecule has 0 bridgehead atoms. The standard InChI is InChI=1S/C37H37NO4.Na/c1-28-16-25-35(31-17-21-34(22-18-31)42-36(37(39)40)27-30-14-7-3-8-15-30)38(28)32-19-23-33(24-20-32)41-26-10-4-9-13-29-11-5-2-6-12-29;/h2-3,5-8,11-12,14-25,36H,4,9-10,13,26-27H2,1H3,(H,39,40);/q;+1/p-1/t36-;/m1./s1. The molecule has 1 aromatic heterocycles. The number of carbonyl (C=O) groups excluding carboxylic acids is 1. The van der Waals surface area contributed by atoms with Gasteiger partial charge in [0.2, 0.25) is 0 Å². The number of hydrogen-bond acceptors (Lipinski definition) is 4. The van der Waals surface area contributed by atoms with Gasteiger partial charge in [0.05, 0.1) is 18.3 Å². The molecule has 4 aromatic carbocycles. The maximum Gasteiger partial charge on any atom is 1.00 e. The number of carboxylic acid groups (broad SMARTS) is 1. The molecule has 0 spiro atoms. The summed E-state index contributed by atoms with van der Waals surface area (Å²) in [5.41, 5.74) is 6.46. The van der Waals surface area contributed by atoms with Gasteiger partial charge in [-0.3, -0.25) is 0 Å². The minimum absolute atomic E-state index is 0. The zero-order valence-corrected chi connectivity index (χ0v) is 26.9. The molecule has 1 heterocycles. The molecule has 6 heteroatoms. The Hall–Kier alpha value is -3.77. The number of hydrogen-bond donors (Lipinski definition) is 0. The molecule has 0 amide bonds. The molecular formula is C37H36NNaO4. The summed E-state index contributed by atoms with van der Waals surface area (Å²) < 4.78 is 14.0. The largest absolute Gasteiger partial charge is 1.00 e. The first-order chi connectivity index (χ1) is 20.6. The Bertz CT molecular complexity index is 1550. The fourth-order valence-corrected chi connectivity index (χ4v) is 5.11. The number of ether oxygens (including phenoxy) is 2. The van der Waals surface area contributed by atoms with Crippen molar-refractivity contribution in [3.05, 3.63) is 138 Å². The Labute approximate surface area is 276 Å². The van der Waals surface area contributed by atoms with Crippen molar-refractivity contribution in [1.29, 1.82) is 0 Å². The SMILES string of the molecule is Cc1ccc(-c2ccc(O[C@H](Cc3ccccc3)C(=O)[O-])cc2)n1-c1ccc(OCCCCCc2ccccc2)cc1.[Na+]. The summed E-state index contributed by atoms with van der Waals surface area (Å²) in [6.45, 7) is 2.79. The van der Waals surface area contributed by atoms with Crippen molar-refractivity contribution >= 4 is 5.97 Å². The van der Waals surface area contributed by atoms with Crippen LogP contribution in [0.1, 0.15) is 36.1 Å². The van der Waals surface area contributed by atoms with Gasteiger partial charge in [-0.1, -0.05) is 60.7 Å². The van der Waals surface area contributed by atoms with Crippen molar-refractivity contribution in [2.75, 3.05) is 6.61 Å². The average molecular weight is 582 g/mol. The van der Waals surface area contributed by atoms with Crippen LogP contribution in [0.2, 0.25) is 0 Å². The Morgan fingerprint density at radius 2 is 1.35 bits per heavy atom. The van der Waals surface area contributed by atoms with Crippen LogP contribution in [0.15, 0.2) is 121 Å². The Kier molecular flexibility index (Phi) is 12.1. The van der Waals surface area contributed by atoms with Crippen molar-refractivity contribution in [2.45, 2.75) is 45.1 Å². The molecule has 5 rings (SSSR count). The molecule has 0 aliphatic carbocycles. The molecule has 5 nitrogen and oxygen atoms in total. The second kappa shape index (κ2) is 16.2. The number of aliphatic carboxylic acids is 1. The van der Waals surface area contributed by atoms with Gasteiger partial charge in [-0.05, 0) is 110 Å². The van der Waals surface area contributed by atoms with Gasteiger partial charge in [0.25, 0.3) is 0 Å². The van der Waals surface area contributed by atoms with Crippen LogP contribution in [0, 0.1) is 6.92 Å². The van der Waals surface area contributed by atoms with Crippen molar-refractivity contribution in [3.63, 3.8) is 0 Å². The number of unbranched alkanes of at least 4 members (excludes halogenated alkanes) is 2. The van der Waals surface area contributed by atoms with Crippen LogP contribution in [0.5, 0.6) is 11.5 Å². The van der Waals surface area contributed by atoms with Crippen LogP contribution in [0.25, 0.3) is 16.9 Å². The summed E-state index contributed by atoms with van der Waals surface area (Å²) in [6, 6.07) is 39.9. The van der Waals surface area contributed by atoms with Gasteiger partial charge in [0.15, 0.2) is 0 Å². The summed E-state index contributed by atoms with van der Waals surface area (Å²) in [7, 11) is 0. The first-order valence-corrected chi connectivity index (χ1v) is 14.5. The molecule has 1 atom stereocenters. The van der Waals surface area contributed by atoms with E-state index in [0.29, 0.717) is 12.4 Å². The number of carbonyl (C=O) groups is 1. The van der Waals surface area contributed by atoms with Gasteiger partial charge < -0.3 is 23.9 Å². The smallest absolute Gasteiger partial charge is 0.546 e. The molecule has 0 saturated heterocycles. The zero-order valence-electron chi connectivity index (χ0n) is 24.9. The molecule has 214 valence electrons. The zero-order chi connectivity index (χ0) is 29.1. The molecular weight excluding hydrogens is 545 g/mol. The van der Waals surface area contributed by atoms with Crippen LogP contribution in [0.3, 0.4) is 0 Å². The quantitative estimate of drug-likeness (QED) is 0.147. The van der Waals surface area contributed by atoms with Gasteiger partial charge in [-0.2, -0.15) is 0 Å². The molecule has 0 saturated carbocycles. The van der Waals surface area contributed by atoms with E-state index >= 15 is 0 Å². The van der Waals surface area contributed by atoms with E-state index in [1.807, 2.05) is 54.6 Å². The second-order valence-corrected chi connectivity index (χ2v) is 10.5. The van der Waals surface area contributed by atoms with E-state index in [1.165, 1.54) is 12.0 Å². The van der Waals surface area contributed by atoms with E-state index in [4.69, 9.17) is 9.47 Å². The summed E-state index contributed by atoms with van der Waals surface area (Å²) in [6.07, 6.45) is 3.62. The number of aromatic nitrogens is 1. The van der Waals surface area contributed by atoms with E-state index in [-0.39, 0.29) is 36.0 Å². The molecule has 0 aliphatic heterocycles. The molecule has 0 fully saturated rings. The fraction of sp³-hybridized carbons (Fsp3) is 0.216. The number of carboxylic acids is 1. The van der Waals surface area contributed by atoms with Crippen molar-refractivity contribution in [3.8, 4) is 28.4 Å². The molecule has 0 unspecified atom stereocenters. The number of benzene rings is 4. The molecule has 0 N–H and O–H groups in total. The van der Waals surface area contributed by atoms with E-state index in [0.717, 1.165) is 53.2 Å². The van der Waals surface area contributed by atoms with Gasteiger partial charge in [0.1, 0.15) is 17.6 Å². The van der Waals surface area contributed by atoms with Crippen molar-refractivity contribution in [2.24, 2.45) is 0 Å². The predicted molar refractivity (Wildman–Crippen MR) is 165 cm³/mol. The molecule has 43 heavy (non-hydrogen) atoms. The number of aryl methyl sites for hydroxylation is 2. The van der Waals surface area contributed by atoms with Crippen LogP contribution in [-0.2, 0) is 17.6 Å². The average Bonchev–Trinajstić information content (AvgIpc) is 3.41. The Morgan fingerprint density at radius 1 is 0.721 bits per heavy atom. The summed E-state index contributed by atoms with van der Waals surface area (Å²) in [5, 5.41) is 11.7. The van der Waals surface area contributed by atoms with Crippen LogP contribution in [0.4, 0.5) is 0 Å².